The summed E-state index contributed by atoms with van der Waals surface area (Å²) in [6, 6.07) is 9.30. The summed E-state index contributed by atoms with van der Waals surface area (Å²) in [4.78, 5) is 25.0. The Hall–Kier alpha value is -3.11. The van der Waals surface area contributed by atoms with Gasteiger partial charge in [-0.2, -0.15) is 4.31 Å². The number of carboxylic acids is 1. The maximum Gasteiger partial charge on any atom is 0.326 e. The lowest BCUT2D eigenvalue weighted by Gasteiger charge is -2.36. The largest absolute Gasteiger partial charge is 0.493 e. The average Bonchev–Trinajstić information content (AvgIpc) is 2.84. The summed E-state index contributed by atoms with van der Waals surface area (Å²) < 4.78 is 39.0. The number of sulfonamides is 1. The zero-order valence-electron chi connectivity index (χ0n) is 19.6. The highest BCUT2D eigenvalue weighted by atomic mass is 32.2. The molecule has 0 saturated heterocycles. The van der Waals surface area contributed by atoms with Gasteiger partial charge in [-0.15, -0.1) is 0 Å². The van der Waals surface area contributed by atoms with Gasteiger partial charge in [-0.05, 0) is 35.6 Å². The number of fused-ring (bicyclic) bond motifs is 1. The van der Waals surface area contributed by atoms with Crippen LogP contribution in [0.3, 0.4) is 0 Å². The van der Waals surface area contributed by atoms with Crippen LogP contribution in [0.4, 0.5) is 0 Å². The molecule has 184 valence electrons. The molecular weight excluding hydrogens is 460 g/mol. The summed E-state index contributed by atoms with van der Waals surface area (Å²) in [5.74, 6) is -1.52. The number of amides is 1. The number of hydrogen-bond donors (Lipinski definition) is 2. The molecule has 0 spiro atoms. The highest BCUT2D eigenvalue weighted by molar-refractivity contribution is 7.89. The Balaban J connectivity index is 2.03. The van der Waals surface area contributed by atoms with Crippen LogP contribution in [-0.4, -0.2) is 56.0 Å². The van der Waals surface area contributed by atoms with Gasteiger partial charge in [-0.3, -0.25) is 4.79 Å². The number of benzene rings is 2. The Kier molecular flexibility index (Phi) is 7.83. The van der Waals surface area contributed by atoms with Gasteiger partial charge in [0.25, 0.3) is 0 Å². The second-order valence-electron chi connectivity index (χ2n) is 8.27. The second-order valence-corrected chi connectivity index (χ2v) is 10.2. The number of carbonyl (C=O) groups excluding carboxylic acids is 1. The number of methoxy groups -OCH3 is 2. The summed E-state index contributed by atoms with van der Waals surface area (Å²) >= 11 is 0. The summed E-state index contributed by atoms with van der Waals surface area (Å²) in [6.07, 6.45) is 0.666. The van der Waals surface area contributed by atoms with Crippen molar-refractivity contribution in [3.8, 4) is 11.5 Å². The number of carbonyl (C=O) groups is 2. The van der Waals surface area contributed by atoms with Crippen LogP contribution in [0.15, 0.2) is 47.4 Å². The van der Waals surface area contributed by atoms with Gasteiger partial charge in [0.15, 0.2) is 11.5 Å². The number of rotatable bonds is 9. The van der Waals surface area contributed by atoms with E-state index in [9.17, 15) is 23.1 Å². The van der Waals surface area contributed by atoms with Crippen molar-refractivity contribution < 1.29 is 32.6 Å². The van der Waals surface area contributed by atoms with E-state index < -0.39 is 34.0 Å². The highest BCUT2D eigenvalue weighted by Crippen LogP contribution is 2.34. The van der Waals surface area contributed by atoms with Crippen molar-refractivity contribution in [2.24, 2.45) is 5.92 Å². The van der Waals surface area contributed by atoms with E-state index in [-0.39, 0.29) is 29.5 Å². The van der Waals surface area contributed by atoms with Crippen molar-refractivity contribution in [2.45, 2.75) is 50.2 Å². The van der Waals surface area contributed by atoms with Crippen molar-refractivity contribution in [3.05, 3.63) is 53.6 Å². The molecule has 1 aliphatic rings. The molecule has 34 heavy (non-hydrogen) atoms. The molecule has 0 fully saturated rings. The number of hydrogen-bond acceptors (Lipinski definition) is 6. The molecule has 0 aliphatic carbocycles. The fourth-order valence-corrected chi connectivity index (χ4v) is 5.60. The summed E-state index contributed by atoms with van der Waals surface area (Å²) in [6.45, 7) is 3.54. The molecule has 2 N–H and O–H groups in total. The maximum atomic E-state index is 13.7. The zero-order valence-corrected chi connectivity index (χ0v) is 20.5. The molecule has 1 aliphatic heterocycles. The summed E-state index contributed by atoms with van der Waals surface area (Å²) in [7, 11) is -1.29. The van der Waals surface area contributed by atoms with E-state index in [1.807, 2.05) is 31.2 Å². The van der Waals surface area contributed by atoms with E-state index in [0.29, 0.717) is 12.2 Å². The normalized spacial score (nSPS) is 17.8. The smallest absolute Gasteiger partial charge is 0.326 e. The van der Waals surface area contributed by atoms with Crippen molar-refractivity contribution in [1.29, 1.82) is 0 Å². The van der Waals surface area contributed by atoms with Crippen molar-refractivity contribution in [2.75, 3.05) is 14.2 Å². The van der Waals surface area contributed by atoms with E-state index in [0.717, 1.165) is 15.4 Å². The molecule has 0 bridgehead atoms. The lowest BCUT2D eigenvalue weighted by molar-refractivity contribution is -0.144. The Morgan fingerprint density at radius 3 is 2.35 bits per heavy atom. The van der Waals surface area contributed by atoms with Crippen LogP contribution < -0.4 is 14.8 Å². The lowest BCUT2D eigenvalue weighted by atomic mass is 9.94. The third-order valence-corrected chi connectivity index (χ3v) is 8.10. The summed E-state index contributed by atoms with van der Waals surface area (Å²) in [5, 5.41) is 12.2. The molecule has 3 rings (SSSR count). The molecule has 9 nitrogen and oxygen atoms in total. The highest BCUT2D eigenvalue weighted by Gasteiger charge is 2.41. The Labute approximate surface area is 199 Å². The molecule has 0 saturated carbocycles. The van der Waals surface area contributed by atoms with E-state index in [1.165, 1.54) is 32.4 Å². The number of ether oxygens (including phenoxy) is 2. The van der Waals surface area contributed by atoms with E-state index >= 15 is 0 Å². The standard InChI is InChI=1S/C24H30N2O7S/c1-5-15(2)22(24(28)29)25-23(27)19-12-16-8-6-7-9-17(16)14-26(19)34(30,31)18-10-11-20(32-3)21(13-18)33-4/h6-11,13,15,19,22H,5,12,14H2,1-4H3,(H,25,27)(H,28,29)/t15-,19?,22-/m0/s1. The predicted octanol–water partition coefficient (Wildman–Crippen LogP) is 2.43. The van der Waals surface area contributed by atoms with Gasteiger partial charge in [-0.25, -0.2) is 13.2 Å². The van der Waals surface area contributed by atoms with Crippen LogP contribution >= 0.6 is 0 Å². The fourth-order valence-electron chi connectivity index (χ4n) is 4.02. The van der Waals surface area contributed by atoms with Crippen molar-refractivity contribution in [3.63, 3.8) is 0 Å². The molecule has 10 heteroatoms. The van der Waals surface area contributed by atoms with Gasteiger partial charge in [-0.1, -0.05) is 44.5 Å². The zero-order chi connectivity index (χ0) is 25.0. The fraction of sp³-hybridized carbons (Fsp3) is 0.417. The molecule has 0 aromatic heterocycles. The molecule has 0 radical (unpaired) electrons. The van der Waals surface area contributed by atoms with E-state index in [1.54, 1.807) is 6.92 Å². The first-order chi connectivity index (χ1) is 16.1. The number of carboxylic acid groups (broad SMARTS) is 1. The Morgan fingerprint density at radius 2 is 1.76 bits per heavy atom. The maximum absolute atomic E-state index is 13.7. The molecule has 3 atom stereocenters. The van der Waals surface area contributed by atoms with Gasteiger partial charge < -0.3 is 19.9 Å². The van der Waals surface area contributed by atoms with Gasteiger partial charge in [0.1, 0.15) is 12.1 Å². The first-order valence-corrected chi connectivity index (χ1v) is 12.4. The Morgan fingerprint density at radius 1 is 1.12 bits per heavy atom. The minimum atomic E-state index is -4.15. The SMILES string of the molecule is CC[C@H](C)[C@H](NC(=O)C1Cc2ccccc2CN1S(=O)(=O)c1ccc(OC)c(OC)c1)C(=O)O. The third-order valence-electron chi connectivity index (χ3n) is 6.25. The first kappa shape index (κ1) is 25.5. The monoisotopic (exact) mass is 490 g/mol. The van der Waals surface area contributed by atoms with Gasteiger partial charge in [0.05, 0.1) is 19.1 Å². The van der Waals surface area contributed by atoms with Crippen LogP contribution in [0.1, 0.15) is 31.4 Å². The summed E-state index contributed by atoms with van der Waals surface area (Å²) in [5.41, 5.74) is 1.63. The minimum absolute atomic E-state index is 0.0218. The van der Waals surface area contributed by atoms with Crippen LogP contribution in [0.2, 0.25) is 0 Å². The Bertz CT molecular complexity index is 1170. The minimum Gasteiger partial charge on any atom is -0.493 e. The van der Waals surface area contributed by atoms with E-state index in [4.69, 9.17) is 9.47 Å². The second kappa shape index (κ2) is 10.4. The lowest BCUT2D eigenvalue weighted by Crippen LogP contribution is -2.56. The van der Waals surface area contributed by atoms with Crippen molar-refractivity contribution >= 4 is 21.9 Å². The average molecular weight is 491 g/mol. The first-order valence-electron chi connectivity index (χ1n) is 11.0. The van der Waals surface area contributed by atoms with Crippen molar-refractivity contribution in [1.82, 2.24) is 9.62 Å². The number of nitrogens with zero attached hydrogens (tertiary/aromatic N) is 1. The van der Waals surface area contributed by atoms with Crippen LogP contribution in [0.25, 0.3) is 0 Å². The quantitative estimate of drug-likeness (QED) is 0.554. The third kappa shape index (κ3) is 5.02. The topological polar surface area (TPSA) is 122 Å². The van der Waals surface area contributed by atoms with Gasteiger partial charge in [0.2, 0.25) is 15.9 Å². The molecule has 2 aromatic rings. The molecule has 1 heterocycles. The molecule has 1 amide bonds. The molecule has 1 unspecified atom stereocenters. The molecular formula is C24H30N2O7S. The van der Waals surface area contributed by atoms with Crippen LogP contribution in [-0.2, 0) is 32.6 Å². The number of aliphatic carboxylic acids is 1. The van der Waals surface area contributed by atoms with Crippen LogP contribution in [0.5, 0.6) is 11.5 Å². The van der Waals surface area contributed by atoms with E-state index in [2.05, 4.69) is 5.32 Å². The number of nitrogens with one attached hydrogen (secondary N) is 1. The van der Waals surface area contributed by atoms with Gasteiger partial charge >= 0.3 is 5.97 Å². The van der Waals surface area contributed by atoms with Crippen LogP contribution in [0, 0.1) is 5.92 Å². The van der Waals surface area contributed by atoms with Gasteiger partial charge in [0, 0.05) is 12.6 Å². The molecule has 2 aromatic carbocycles. The predicted molar refractivity (Wildman–Crippen MR) is 125 cm³/mol.